The molecule has 5 nitrogen and oxygen atoms in total. The molecule has 0 saturated carbocycles. The summed E-state index contributed by atoms with van der Waals surface area (Å²) >= 11 is 0. The normalized spacial score (nSPS) is 10.7. The molecule has 2 N–H and O–H groups in total. The summed E-state index contributed by atoms with van der Waals surface area (Å²) in [4.78, 5) is 7.87. The summed E-state index contributed by atoms with van der Waals surface area (Å²) in [6.45, 7) is 1.71. The highest BCUT2D eigenvalue weighted by Gasteiger charge is 2.13. The number of rotatable bonds is 1. The maximum Gasteiger partial charge on any atom is 0.490 e. The topological polar surface area (TPSA) is 79.4 Å². The van der Waals surface area contributed by atoms with Crippen LogP contribution >= 0.6 is 0 Å². The summed E-state index contributed by atoms with van der Waals surface area (Å²) < 4.78 is 5.16. The second-order valence-corrected chi connectivity index (χ2v) is 2.70. The van der Waals surface area contributed by atoms with Crippen LogP contribution in [0.25, 0.3) is 11.2 Å². The minimum Gasteiger partial charge on any atom is -0.439 e. The number of oxazole rings is 1. The maximum absolute atomic E-state index is 8.84. The summed E-state index contributed by atoms with van der Waals surface area (Å²) in [5.41, 5.74) is 1.23. The molecule has 2 aromatic rings. The average molecular weight is 178 g/mol. The molecule has 13 heavy (non-hydrogen) atoms. The molecular formula is C7H7BN2O3. The van der Waals surface area contributed by atoms with Gasteiger partial charge in [-0.2, -0.15) is 4.98 Å². The predicted octanol–water partition coefficient (Wildman–Crippen LogP) is -0.789. The summed E-state index contributed by atoms with van der Waals surface area (Å²) in [6.07, 6.45) is 1.36. The van der Waals surface area contributed by atoms with Crippen LogP contribution in [0.15, 0.2) is 16.7 Å². The Bertz CT molecular complexity index is 440. The van der Waals surface area contributed by atoms with Crippen molar-refractivity contribution in [1.82, 2.24) is 9.97 Å². The number of fused-ring (bicyclic) bond motifs is 1. The van der Waals surface area contributed by atoms with Gasteiger partial charge in [0.25, 0.3) is 0 Å². The van der Waals surface area contributed by atoms with Gasteiger partial charge in [0.2, 0.25) is 0 Å². The number of hydrogen-bond acceptors (Lipinski definition) is 5. The first-order valence-corrected chi connectivity index (χ1v) is 3.76. The first-order valence-electron chi connectivity index (χ1n) is 3.76. The molecule has 0 fully saturated rings. The zero-order chi connectivity index (χ0) is 9.42. The fourth-order valence-electron chi connectivity index (χ4n) is 1.08. The highest BCUT2D eigenvalue weighted by atomic mass is 16.4. The van der Waals surface area contributed by atoms with E-state index in [2.05, 4.69) is 9.97 Å². The van der Waals surface area contributed by atoms with Crippen molar-refractivity contribution in [3.05, 3.63) is 18.2 Å². The number of aryl methyl sites for hydroxylation is 1. The molecule has 0 atom stereocenters. The third kappa shape index (κ3) is 1.41. The number of hydrogen-bond donors (Lipinski definition) is 2. The summed E-state index contributed by atoms with van der Waals surface area (Å²) in [5, 5.41) is 17.7. The van der Waals surface area contributed by atoms with Gasteiger partial charge >= 0.3 is 7.12 Å². The fourth-order valence-corrected chi connectivity index (χ4v) is 1.08. The zero-order valence-electron chi connectivity index (χ0n) is 6.93. The SMILES string of the molecule is Cc1nc2ncc(B(O)O)cc2o1. The number of aromatic nitrogens is 2. The lowest BCUT2D eigenvalue weighted by molar-refractivity contribution is 0.425. The van der Waals surface area contributed by atoms with Crippen LogP contribution in [-0.4, -0.2) is 27.1 Å². The predicted molar refractivity (Wildman–Crippen MR) is 46.4 cm³/mol. The van der Waals surface area contributed by atoms with Crippen molar-refractivity contribution < 1.29 is 14.5 Å². The molecule has 2 aromatic heterocycles. The van der Waals surface area contributed by atoms with E-state index in [9.17, 15) is 0 Å². The third-order valence-electron chi connectivity index (χ3n) is 1.67. The van der Waals surface area contributed by atoms with Gasteiger partial charge in [-0.25, -0.2) is 4.98 Å². The lowest BCUT2D eigenvalue weighted by atomic mass is 9.82. The van der Waals surface area contributed by atoms with Crippen LogP contribution in [0.4, 0.5) is 0 Å². The van der Waals surface area contributed by atoms with Crippen LogP contribution in [0.2, 0.25) is 0 Å². The zero-order valence-corrected chi connectivity index (χ0v) is 6.93. The minimum absolute atomic E-state index is 0.295. The average Bonchev–Trinajstić information content (AvgIpc) is 2.42. The standard InChI is InChI=1S/C7H7BN2O3/c1-4-10-7-6(13-4)2-5(3-9-7)8(11)12/h2-3,11-12H,1H3. The lowest BCUT2D eigenvalue weighted by Gasteiger charge is -1.95. The van der Waals surface area contributed by atoms with E-state index in [0.717, 1.165) is 0 Å². The Hall–Kier alpha value is -1.40. The molecule has 0 spiro atoms. The highest BCUT2D eigenvalue weighted by Crippen LogP contribution is 2.09. The Kier molecular flexibility index (Phi) is 1.79. The van der Waals surface area contributed by atoms with Crippen LogP contribution in [-0.2, 0) is 0 Å². The van der Waals surface area contributed by atoms with Crippen molar-refractivity contribution in [2.24, 2.45) is 0 Å². The quantitative estimate of drug-likeness (QED) is 0.559. The van der Waals surface area contributed by atoms with Crippen LogP contribution in [0.3, 0.4) is 0 Å². The van der Waals surface area contributed by atoms with Gasteiger partial charge in [0.1, 0.15) is 0 Å². The molecule has 0 saturated heterocycles. The highest BCUT2D eigenvalue weighted by molar-refractivity contribution is 6.58. The van der Waals surface area contributed by atoms with E-state index in [1.54, 1.807) is 6.92 Å². The van der Waals surface area contributed by atoms with Gasteiger partial charge in [-0.05, 0) is 6.07 Å². The Morgan fingerprint density at radius 1 is 1.46 bits per heavy atom. The third-order valence-corrected chi connectivity index (χ3v) is 1.67. The molecule has 0 bridgehead atoms. The molecule has 2 heterocycles. The van der Waals surface area contributed by atoms with E-state index >= 15 is 0 Å². The van der Waals surface area contributed by atoms with E-state index in [1.807, 2.05) is 0 Å². The summed E-state index contributed by atoms with van der Waals surface area (Å²) in [7, 11) is -1.53. The first-order chi connectivity index (χ1) is 6.16. The van der Waals surface area contributed by atoms with E-state index in [4.69, 9.17) is 14.5 Å². The Morgan fingerprint density at radius 3 is 2.92 bits per heavy atom. The Labute approximate surface area is 74.2 Å². The fraction of sp³-hybridized carbons (Fsp3) is 0.143. The lowest BCUT2D eigenvalue weighted by Crippen LogP contribution is -2.29. The molecule has 0 unspecified atom stereocenters. The van der Waals surface area contributed by atoms with Gasteiger partial charge in [0, 0.05) is 18.6 Å². The van der Waals surface area contributed by atoms with Gasteiger partial charge in [0.15, 0.2) is 17.1 Å². The molecule has 0 aliphatic heterocycles. The largest absolute Gasteiger partial charge is 0.490 e. The number of nitrogens with zero attached hydrogens (tertiary/aromatic N) is 2. The second-order valence-electron chi connectivity index (χ2n) is 2.70. The minimum atomic E-state index is -1.53. The molecule has 0 aliphatic rings. The molecule has 0 aromatic carbocycles. The van der Waals surface area contributed by atoms with E-state index < -0.39 is 7.12 Å². The van der Waals surface area contributed by atoms with Crippen LogP contribution in [0.5, 0.6) is 0 Å². The molecule has 0 radical (unpaired) electrons. The van der Waals surface area contributed by atoms with Crippen LogP contribution in [0, 0.1) is 6.92 Å². The Morgan fingerprint density at radius 2 is 2.23 bits per heavy atom. The molecule has 0 aliphatic carbocycles. The van der Waals surface area contributed by atoms with Crippen molar-refractivity contribution in [1.29, 1.82) is 0 Å². The van der Waals surface area contributed by atoms with Gasteiger partial charge in [-0.15, -0.1) is 0 Å². The summed E-state index contributed by atoms with van der Waals surface area (Å²) in [5.74, 6) is 0.507. The maximum atomic E-state index is 8.84. The van der Waals surface area contributed by atoms with Gasteiger partial charge in [0.05, 0.1) is 0 Å². The molecule has 66 valence electrons. The smallest absolute Gasteiger partial charge is 0.439 e. The van der Waals surface area contributed by atoms with Crippen molar-refractivity contribution in [2.45, 2.75) is 6.92 Å². The van der Waals surface area contributed by atoms with E-state index in [1.165, 1.54) is 12.3 Å². The monoisotopic (exact) mass is 178 g/mol. The van der Waals surface area contributed by atoms with Gasteiger partial charge in [-0.1, -0.05) is 0 Å². The molecular weight excluding hydrogens is 171 g/mol. The van der Waals surface area contributed by atoms with Crippen molar-refractivity contribution >= 4 is 23.8 Å². The van der Waals surface area contributed by atoms with E-state index in [0.29, 0.717) is 22.6 Å². The first kappa shape index (κ1) is 8.21. The van der Waals surface area contributed by atoms with Crippen molar-refractivity contribution in [3.63, 3.8) is 0 Å². The molecule has 6 heteroatoms. The van der Waals surface area contributed by atoms with Crippen molar-refractivity contribution in [3.8, 4) is 0 Å². The Balaban J connectivity index is 2.61. The van der Waals surface area contributed by atoms with Crippen LogP contribution in [0.1, 0.15) is 5.89 Å². The number of pyridine rings is 1. The van der Waals surface area contributed by atoms with Gasteiger partial charge in [-0.3, -0.25) is 0 Å². The summed E-state index contributed by atoms with van der Waals surface area (Å²) in [6, 6.07) is 1.51. The van der Waals surface area contributed by atoms with E-state index in [-0.39, 0.29) is 0 Å². The molecule has 2 rings (SSSR count). The second kappa shape index (κ2) is 2.83. The van der Waals surface area contributed by atoms with Crippen molar-refractivity contribution in [2.75, 3.05) is 0 Å². The van der Waals surface area contributed by atoms with Crippen LogP contribution < -0.4 is 5.46 Å². The van der Waals surface area contributed by atoms with Gasteiger partial charge < -0.3 is 14.5 Å². The molecule has 0 amide bonds.